The van der Waals surface area contributed by atoms with Crippen molar-refractivity contribution < 1.29 is 4.92 Å². The highest BCUT2D eigenvalue weighted by atomic mass is 32.1. The van der Waals surface area contributed by atoms with Gasteiger partial charge >= 0.3 is 0 Å². The van der Waals surface area contributed by atoms with Crippen molar-refractivity contribution in [2.24, 2.45) is 0 Å². The van der Waals surface area contributed by atoms with Gasteiger partial charge in [-0.15, -0.1) is 11.3 Å². The number of benzene rings is 1. The number of fused-ring (bicyclic) bond motifs is 1. The number of pyridine rings is 1. The van der Waals surface area contributed by atoms with Gasteiger partial charge in [0.1, 0.15) is 10.5 Å². The molecule has 0 saturated heterocycles. The first-order valence-electron chi connectivity index (χ1n) is 6.35. The van der Waals surface area contributed by atoms with Gasteiger partial charge in [0.05, 0.1) is 11.0 Å². The average molecular weight is 300 g/mol. The van der Waals surface area contributed by atoms with Crippen molar-refractivity contribution in [3.8, 4) is 0 Å². The molecule has 2 heterocycles. The van der Waals surface area contributed by atoms with Crippen molar-refractivity contribution in [3.05, 3.63) is 57.2 Å². The molecule has 0 spiro atoms. The first-order chi connectivity index (χ1) is 10.2. The highest BCUT2D eigenvalue weighted by Crippen LogP contribution is 2.32. The molecule has 0 fully saturated rings. The third kappa shape index (κ3) is 2.55. The third-order valence-electron chi connectivity index (χ3n) is 3.14. The minimum absolute atomic E-state index is 0.0121. The van der Waals surface area contributed by atoms with E-state index in [0.717, 1.165) is 16.1 Å². The van der Waals surface area contributed by atoms with Crippen LogP contribution >= 0.6 is 11.3 Å². The molecule has 6 nitrogen and oxygen atoms in total. The van der Waals surface area contributed by atoms with Crippen molar-refractivity contribution in [1.29, 1.82) is 0 Å². The fraction of sp³-hybridized carbons (Fsp3) is 0.143. The number of hydrogen-bond donors (Lipinski definition) is 1. The number of nitrogens with zero attached hydrogens (tertiary/aromatic N) is 3. The van der Waals surface area contributed by atoms with Gasteiger partial charge in [-0.05, 0) is 25.1 Å². The van der Waals surface area contributed by atoms with E-state index in [1.807, 2.05) is 18.4 Å². The lowest BCUT2D eigenvalue weighted by Crippen LogP contribution is -2.07. The van der Waals surface area contributed by atoms with Gasteiger partial charge in [0, 0.05) is 34.9 Å². The molecule has 21 heavy (non-hydrogen) atoms. The van der Waals surface area contributed by atoms with E-state index >= 15 is 0 Å². The van der Waals surface area contributed by atoms with E-state index in [2.05, 4.69) is 15.3 Å². The standard InChI is InChI=1S/C14H12N4O2S/c1-9(14-16-7-8-21-14)17-11-4-5-12(18(19)20)13-10(11)3-2-6-15-13/h2-9,17H,1H3. The maximum atomic E-state index is 11.1. The van der Waals surface area contributed by atoms with E-state index in [-0.39, 0.29) is 11.7 Å². The van der Waals surface area contributed by atoms with Crippen molar-refractivity contribution in [3.63, 3.8) is 0 Å². The molecule has 1 aromatic carbocycles. The molecule has 0 aliphatic heterocycles. The first kappa shape index (κ1) is 13.4. The zero-order chi connectivity index (χ0) is 14.8. The largest absolute Gasteiger partial charge is 0.376 e. The van der Waals surface area contributed by atoms with E-state index in [4.69, 9.17) is 0 Å². The molecule has 2 aromatic heterocycles. The van der Waals surface area contributed by atoms with E-state index < -0.39 is 4.92 Å². The van der Waals surface area contributed by atoms with E-state index in [0.29, 0.717) is 5.52 Å². The van der Waals surface area contributed by atoms with Crippen LogP contribution < -0.4 is 5.32 Å². The van der Waals surface area contributed by atoms with Crippen LogP contribution in [0.5, 0.6) is 0 Å². The molecule has 3 rings (SSSR count). The fourth-order valence-electron chi connectivity index (χ4n) is 2.17. The predicted octanol–water partition coefficient (Wildman–Crippen LogP) is 3.77. The highest BCUT2D eigenvalue weighted by Gasteiger charge is 2.17. The van der Waals surface area contributed by atoms with Crippen LogP contribution in [-0.2, 0) is 0 Å². The Bertz CT molecular complexity index is 789. The van der Waals surface area contributed by atoms with Gasteiger partial charge in [-0.25, -0.2) is 9.97 Å². The normalized spacial score (nSPS) is 12.2. The second-order valence-corrected chi connectivity index (χ2v) is 5.45. The molecule has 1 N–H and O–H groups in total. The summed E-state index contributed by atoms with van der Waals surface area (Å²) in [5.41, 5.74) is 1.21. The zero-order valence-corrected chi connectivity index (χ0v) is 12.0. The van der Waals surface area contributed by atoms with Gasteiger partial charge in [-0.3, -0.25) is 10.1 Å². The summed E-state index contributed by atoms with van der Waals surface area (Å²) in [5.74, 6) is 0. The molecule has 7 heteroatoms. The Kier molecular flexibility index (Phi) is 3.49. The molecular weight excluding hydrogens is 288 g/mol. The van der Waals surface area contributed by atoms with Crippen molar-refractivity contribution in [2.45, 2.75) is 13.0 Å². The van der Waals surface area contributed by atoms with Crippen LogP contribution in [0.2, 0.25) is 0 Å². The minimum atomic E-state index is -0.413. The second kappa shape index (κ2) is 5.45. The SMILES string of the molecule is CC(Nc1ccc([N+](=O)[O-])c2ncccc12)c1nccs1. The lowest BCUT2D eigenvalue weighted by molar-refractivity contribution is -0.383. The van der Waals surface area contributed by atoms with Gasteiger partial charge < -0.3 is 5.32 Å². The molecular formula is C14H12N4O2S. The van der Waals surface area contributed by atoms with Crippen LogP contribution in [-0.4, -0.2) is 14.9 Å². The van der Waals surface area contributed by atoms with Crippen LogP contribution in [0, 0.1) is 10.1 Å². The summed E-state index contributed by atoms with van der Waals surface area (Å²) in [7, 11) is 0. The van der Waals surface area contributed by atoms with Crippen LogP contribution in [0.3, 0.4) is 0 Å². The van der Waals surface area contributed by atoms with Gasteiger partial charge in [0.25, 0.3) is 5.69 Å². The Labute approximate surface area is 124 Å². The van der Waals surface area contributed by atoms with Crippen molar-refractivity contribution in [2.75, 3.05) is 5.32 Å². The monoisotopic (exact) mass is 300 g/mol. The van der Waals surface area contributed by atoms with E-state index in [1.54, 1.807) is 35.9 Å². The number of anilines is 1. The molecule has 1 atom stereocenters. The molecule has 106 valence electrons. The van der Waals surface area contributed by atoms with Crippen molar-refractivity contribution >= 4 is 33.6 Å². The molecule has 3 aromatic rings. The van der Waals surface area contributed by atoms with Gasteiger partial charge in [-0.1, -0.05) is 0 Å². The predicted molar refractivity (Wildman–Crippen MR) is 82.5 cm³/mol. The first-order valence-corrected chi connectivity index (χ1v) is 7.23. The lowest BCUT2D eigenvalue weighted by atomic mass is 10.1. The molecule has 0 aliphatic rings. The van der Waals surface area contributed by atoms with Gasteiger partial charge in [0.2, 0.25) is 0 Å². The molecule has 0 saturated carbocycles. The Morgan fingerprint density at radius 2 is 2.14 bits per heavy atom. The Morgan fingerprint density at radius 1 is 1.29 bits per heavy atom. The number of thiazole rings is 1. The van der Waals surface area contributed by atoms with Crippen LogP contribution in [0.4, 0.5) is 11.4 Å². The number of nitrogens with one attached hydrogen (secondary N) is 1. The summed E-state index contributed by atoms with van der Waals surface area (Å²) < 4.78 is 0. The van der Waals surface area contributed by atoms with E-state index in [1.165, 1.54) is 6.07 Å². The van der Waals surface area contributed by atoms with Gasteiger partial charge in [-0.2, -0.15) is 0 Å². The van der Waals surface area contributed by atoms with E-state index in [9.17, 15) is 10.1 Å². The van der Waals surface area contributed by atoms with Crippen LogP contribution in [0.1, 0.15) is 18.0 Å². The molecule has 0 radical (unpaired) electrons. The van der Waals surface area contributed by atoms with Crippen LogP contribution in [0.15, 0.2) is 42.0 Å². The number of hydrogen-bond acceptors (Lipinski definition) is 6. The Morgan fingerprint density at radius 3 is 2.86 bits per heavy atom. The number of aromatic nitrogens is 2. The Hall–Kier alpha value is -2.54. The van der Waals surface area contributed by atoms with Crippen molar-refractivity contribution in [1.82, 2.24) is 9.97 Å². The highest BCUT2D eigenvalue weighted by molar-refractivity contribution is 7.09. The number of non-ortho nitro benzene ring substituents is 1. The molecule has 0 bridgehead atoms. The molecule has 1 unspecified atom stereocenters. The summed E-state index contributed by atoms with van der Waals surface area (Å²) in [4.78, 5) is 19.1. The summed E-state index contributed by atoms with van der Waals surface area (Å²) in [6, 6.07) is 6.81. The lowest BCUT2D eigenvalue weighted by Gasteiger charge is -2.14. The fourth-order valence-corrected chi connectivity index (χ4v) is 2.82. The number of nitro groups is 1. The smallest absolute Gasteiger partial charge is 0.295 e. The summed E-state index contributed by atoms with van der Waals surface area (Å²) in [5, 5.41) is 18.0. The zero-order valence-electron chi connectivity index (χ0n) is 11.2. The number of rotatable bonds is 4. The molecule has 0 amide bonds. The topological polar surface area (TPSA) is 81.0 Å². The van der Waals surface area contributed by atoms with Gasteiger partial charge in [0.15, 0.2) is 0 Å². The number of nitro benzene ring substituents is 1. The summed E-state index contributed by atoms with van der Waals surface area (Å²) >= 11 is 1.57. The quantitative estimate of drug-likeness (QED) is 0.586. The second-order valence-electron chi connectivity index (χ2n) is 4.53. The summed E-state index contributed by atoms with van der Waals surface area (Å²) in [6.45, 7) is 2.00. The van der Waals surface area contributed by atoms with Crippen LogP contribution in [0.25, 0.3) is 10.9 Å². The maximum Gasteiger partial charge on any atom is 0.295 e. The minimum Gasteiger partial charge on any atom is -0.376 e. The summed E-state index contributed by atoms with van der Waals surface area (Å²) in [6.07, 6.45) is 3.32. The Balaban J connectivity index is 2.04. The third-order valence-corrected chi connectivity index (χ3v) is 4.10. The maximum absolute atomic E-state index is 11.1. The average Bonchev–Trinajstić information content (AvgIpc) is 3.01. The molecule has 0 aliphatic carbocycles.